The zero-order chi connectivity index (χ0) is 11.4. The van der Waals surface area contributed by atoms with Gasteiger partial charge in [-0.1, -0.05) is 18.2 Å². The zero-order valence-corrected chi connectivity index (χ0v) is 10.0. The number of fused-ring (bicyclic) bond motifs is 1. The third kappa shape index (κ3) is 2.38. The highest BCUT2D eigenvalue weighted by atomic mass is 35.5. The van der Waals surface area contributed by atoms with Crippen LogP contribution < -0.4 is 4.90 Å². The number of benzene rings is 1. The number of rotatable bonds is 4. The van der Waals surface area contributed by atoms with E-state index in [9.17, 15) is 4.79 Å². The number of anilines is 1. The summed E-state index contributed by atoms with van der Waals surface area (Å²) < 4.78 is 0. The van der Waals surface area contributed by atoms with Gasteiger partial charge in [-0.15, -0.1) is 11.6 Å². The van der Waals surface area contributed by atoms with Gasteiger partial charge in [-0.2, -0.15) is 0 Å². The minimum atomic E-state index is 0.232. The molecule has 2 rings (SSSR count). The van der Waals surface area contributed by atoms with Crippen LogP contribution in [0.1, 0.15) is 24.8 Å². The van der Waals surface area contributed by atoms with Gasteiger partial charge < -0.3 is 4.90 Å². The molecule has 1 aromatic carbocycles. The molecule has 0 atom stereocenters. The van der Waals surface area contributed by atoms with E-state index < -0.39 is 0 Å². The average Bonchev–Trinajstić information content (AvgIpc) is 2.73. The Hall–Kier alpha value is -1.02. The van der Waals surface area contributed by atoms with Gasteiger partial charge in [-0.05, 0) is 30.9 Å². The van der Waals surface area contributed by atoms with Crippen molar-refractivity contribution >= 4 is 23.2 Å². The molecule has 0 bridgehead atoms. The summed E-state index contributed by atoms with van der Waals surface area (Å²) in [5, 5.41) is 0. The molecule has 86 valence electrons. The first-order chi connectivity index (χ1) is 7.83. The van der Waals surface area contributed by atoms with Gasteiger partial charge in [0.05, 0.1) is 0 Å². The van der Waals surface area contributed by atoms with E-state index in [0.29, 0.717) is 12.3 Å². The second-order valence-corrected chi connectivity index (χ2v) is 4.45. The highest BCUT2D eigenvalue weighted by molar-refractivity contribution is 6.17. The van der Waals surface area contributed by atoms with Crippen LogP contribution in [0.4, 0.5) is 5.69 Å². The van der Waals surface area contributed by atoms with Crippen molar-refractivity contribution in [2.45, 2.75) is 25.7 Å². The Morgan fingerprint density at radius 2 is 2.12 bits per heavy atom. The first-order valence-electron chi connectivity index (χ1n) is 5.77. The molecule has 1 aliphatic heterocycles. The fourth-order valence-electron chi connectivity index (χ4n) is 2.10. The number of hydrogen-bond donors (Lipinski definition) is 0. The van der Waals surface area contributed by atoms with E-state index in [2.05, 4.69) is 6.07 Å². The molecule has 0 unspecified atom stereocenters. The van der Waals surface area contributed by atoms with E-state index in [1.54, 1.807) is 0 Å². The predicted octanol–water partition coefficient (Wildman–Crippen LogP) is 2.98. The van der Waals surface area contributed by atoms with Gasteiger partial charge in [0.25, 0.3) is 0 Å². The number of alkyl halides is 1. The van der Waals surface area contributed by atoms with Crippen LogP contribution in [0, 0.1) is 0 Å². The van der Waals surface area contributed by atoms with E-state index in [0.717, 1.165) is 31.5 Å². The Bertz CT molecular complexity index is 378. The van der Waals surface area contributed by atoms with Gasteiger partial charge in [-0.25, -0.2) is 0 Å². The number of carbonyl (C=O) groups excluding carboxylic acids is 1. The fraction of sp³-hybridized carbons (Fsp3) is 0.462. The summed E-state index contributed by atoms with van der Waals surface area (Å²) in [5.41, 5.74) is 2.38. The Balaban J connectivity index is 1.99. The minimum absolute atomic E-state index is 0.232. The molecule has 0 saturated heterocycles. The molecule has 16 heavy (non-hydrogen) atoms. The summed E-state index contributed by atoms with van der Waals surface area (Å²) in [6, 6.07) is 8.15. The molecule has 0 aromatic heterocycles. The van der Waals surface area contributed by atoms with Crippen molar-refractivity contribution in [3.05, 3.63) is 29.8 Å². The van der Waals surface area contributed by atoms with Crippen molar-refractivity contribution in [2.75, 3.05) is 17.3 Å². The van der Waals surface area contributed by atoms with E-state index in [4.69, 9.17) is 11.6 Å². The second kappa shape index (κ2) is 5.35. The lowest BCUT2D eigenvalue weighted by Gasteiger charge is -2.16. The largest absolute Gasteiger partial charge is 0.312 e. The lowest BCUT2D eigenvalue weighted by Crippen LogP contribution is -2.28. The van der Waals surface area contributed by atoms with Crippen LogP contribution >= 0.6 is 11.6 Å². The topological polar surface area (TPSA) is 20.3 Å². The molecule has 0 spiro atoms. The number of halogens is 1. The van der Waals surface area contributed by atoms with Crippen LogP contribution in [0.5, 0.6) is 0 Å². The van der Waals surface area contributed by atoms with E-state index in [1.807, 2.05) is 23.1 Å². The van der Waals surface area contributed by atoms with Crippen molar-refractivity contribution in [2.24, 2.45) is 0 Å². The minimum Gasteiger partial charge on any atom is -0.312 e. The lowest BCUT2D eigenvalue weighted by molar-refractivity contribution is -0.118. The van der Waals surface area contributed by atoms with Gasteiger partial charge >= 0.3 is 0 Å². The zero-order valence-electron chi connectivity index (χ0n) is 9.29. The number of para-hydroxylation sites is 1. The molecule has 3 heteroatoms. The van der Waals surface area contributed by atoms with Gasteiger partial charge in [-0.3, -0.25) is 4.79 Å². The first kappa shape index (κ1) is 11.5. The van der Waals surface area contributed by atoms with Gasteiger partial charge in [0.2, 0.25) is 5.91 Å². The van der Waals surface area contributed by atoms with E-state index >= 15 is 0 Å². The van der Waals surface area contributed by atoms with E-state index in [-0.39, 0.29) is 5.91 Å². The fourth-order valence-corrected chi connectivity index (χ4v) is 2.29. The molecule has 1 aliphatic rings. The van der Waals surface area contributed by atoms with E-state index in [1.165, 1.54) is 5.56 Å². The number of carbonyl (C=O) groups is 1. The van der Waals surface area contributed by atoms with Crippen LogP contribution in [0.15, 0.2) is 24.3 Å². The van der Waals surface area contributed by atoms with Crippen molar-refractivity contribution in [1.82, 2.24) is 0 Å². The number of amides is 1. The molecule has 0 saturated carbocycles. The summed E-state index contributed by atoms with van der Waals surface area (Å²) in [5.74, 6) is 0.874. The number of hydrogen-bond acceptors (Lipinski definition) is 1. The maximum Gasteiger partial charge on any atom is 0.226 e. The normalized spacial score (nSPS) is 13.9. The van der Waals surface area contributed by atoms with Crippen LogP contribution in [0.3, 0.4) is 0 Å². The molecular weight excluding hydrogens is 222 g/mol. The first-order valence-corrected chi connectivity index (χ1v) is 6.30. The third-order valence-electron chi connectivity index (χ3n) is 2.96. The summed E-state index contributed by atoms with van der Waals surface area (Å²) in [6.07, 6.45) is 3.41. The average molecular weight is 238 g/mol. The van der Waals surface area contributed by atoms with Gasteiger partial charge in [0.15, 0.2) is 0 Å². The highest BCUT2D eigenvalue weighted by Crippen LogP contribution is 2.28. The van der Waals surface area contributed by atoms with Crippen molar-refractivity contribution in [3.8, 4) is 0 Å². The van der Waals surface area contributed by atoms with Crippen LogP contribution in [0.2, 0.25) is 0 Å². The van der Waals surface area contributed by atoms with Gasteiger partial charge in [0, 0.05) is 24.5 Å². The Labute approximate surface area is 101 Å². The molecular formula is C13H16ClNO. The van der Waals surface area contributed by atoms with Crippen molar-refractivity contribution in [3.63, 3.8) is 0 Å². The Morgan fingerprint density at radius 3 is 2.94 bits per heavy atom. The molecule has 1 heterocycles. The molecule has 1 aromatic rings. The van der Waals surface area contributed by atoms with Crippen molar-refractivity contribution in [1.29, 1.82) is 0 Å². The van der Waals surface area contributed by atoms with Crippen LogP contribution in [-0.2, 0) is 11.2 Å². The molecule has 1 amide bonds. The quantitative estimate of drug-likeness (QED) is 0.582. The SMILES string of the molecule is O=C(CCCCCl)N1CCc2ccccc21. The Kier molecular flexibility index (Phi) is 3.83. The summed E-state index contributed by atoms with van der Waals surface area (Å²) in [4.78, 5) is 13.9. The molecule has 0 radical (unpaired) electrons. The standard InChI is InChI=1S/C13H16ClNO/c14-9-4-3-7-13(16)15-10-8-11-5-1-2-6-12(11)15/h1-2,5-6H,3-4,7-10H2. The number of unbranched alkanes of at least 4 members (excludes halogenated alkanes) is 1. The maximum absolute atomic E-state index is 12.0. The highest BCUT2D eigenvalue weighted by Gasteiger charge is 2.23. The predicted molar refractivity (Wildman–Crippen MR) is 67.1 cm³/mol. The van der Waals surface area contributed by atoms with Crippen LogP contribution in [0.25, 0.3) is 0 Å². The summed E-state index contributed by atoms with van der Waals surface area (Å²) in [6.45, 7) is 0.832. The smallest absolute Gasteiger partial charge is 0.226 e. The Morgan fingerprint density at radius 1 is 1.31 bits per heavy atom. The third-order valence-corrected chi connectivity index (χ3v) is 3.23. The maximum atomic E-state index is 12.0. The monoisotopic (exact) mass is 237 g/mol. The summed E-state index contributed by atoms with van der Waals surface area (Å²) in [7, 11) is 0. The summed E-state index contributed by atoms with van der Waals surface area (Å²) >= 11 is 5.60. The van der Waals surface area contributed by atoms with Crippen LogP contribution in [-0.4, -0.2) is 18.3 Å². The molecule has 2 nitrogen and oxygen atoms in total. The molecule has 0 N–H and O–H groups in total. The lowest BCUT2D eigenvalue weighted by atomic mass is 10.2. The number of nitrogens with zero attached hydrogens (tertiary/aromatic N) is 1. The molecule has 0 aliphatic carbocycles. The molecule has 0 fully saturated rings. The van der Waals surface area contributed by atoms with Gasteiger partial charge in [0.1, 0.15) is 0 Å². The van der Waals surface area contributed by atoms with Crippen molar-refractivity contribution < 1.29 is 4.79 Å². The second-order valence-electron chi connectivity index (χ2n) is 4.07.